The van der Waals surface area contributed by atoms with Crippen LogP contribution in [-0.2, 0) is 11.2 Å². The average Bonchev–Trinajstić information content (AvgIpc) is 2.12. The van der Waals surface area contributed by atoms with E-state index in [4.69, 9.17) is 23.2 Å². The van der Waals surface area contributed by atoms with E-state index in [1.165, 1.54) is 6.92 Å². The standard InChI is InChI=1S/C12H14Cl2O/c1-8-10(5-4-6-11(8)13)7-12(3,14)9(2)15/h4-6H,7H2,1-3H3. The van der Waals surface area contributed by atoms with Crippen LogP contribution in [0.1, 0.15) is 25.0 Å². The number of alkyl halides is 1. The van der Waals surface area contributed by atoms with Gasteiger partial charge in [0.15, 0.2) is 5.78 Å². The molecule has 1 unspecified atom stereocenters. The highest BCUT2D eigenvalue weighted by Gasteiger charge is 2.27. The Morgan fingerprint density at radius 2 is 2.07 bits per heavy atom. The van der Waals surface area contributed by atoms with E-state index in [-0.39, 0.29) is 5.78 Å². The van der Waals surface area contributed by atoms with Crippen LogP contribution in [-0.4, -0.2) is 10.7 Å². The van der Waals surface area contributed by atoms with Gasteiger partial charge in [-0.2, -0.15) is 0 Å². The van der Waals surface area contributed by atoms with Crippen molar-refractivity contribution in [2.45, 2.75) is 32.1 Å². The molecule has 1 nitrogen and oxygen atoms in total. The lowest BCUT2D eigenvalue weighted by Crippen LogP contribution is -2.29. The summed E-state index contributed by atoms with van der Waals surface area (Å²) in [5, 5.41) is 0.712. The Morgan fingerprint density at radius 1 is 1.47 bits per heavy atom. The number of carbonyl (C=O) groups is 1. The Hall–Kier alpha value is -0.530. The number of halogens is 2. The second kappa shape index (κ2) is 4.54. The van der Waals surface area contributed by atoms with Gasteiger partial charge in [0, 0.05) is 5.02 Å². The van der Waals surface area contributed by atoms with Gasteiger partial charge in [0.05, 0.1) is 0 Å². The Kier molecular flexibility index (Phi) is 3.80. The number of hydrogen-bond donors (Lipinski definition) is 0. The minimum absolute atomic E-state index is 0.0245. The smallest absolute Gasteiger partial charge is 0.150 e. The molecule has 0 aliphatic carbocycles. The van der Waals surface area contributed by atoms with Gasteiger partial charge >= 0.3 is 0 Å². The molecule has 15 heavy (non-hydrogen) atoms. The van der Waals surface area contributed by atoms with Crippen molar-refractivity contribution in [3.05, 3.63) is 34.3 Å². The first kappa shape index (κ1) is 12.5. The minimum Gasteiger partial charge on any atom is -0.298 e. The van der Waals surface area contributed by atoms with E-state index in [1.807, 2.05) is 25.1 Å². The molecule has 1 aromatic carbocycles. The molecule has 0 radical (unpaired) electrons. The molecule has 3 heteroatoms. The molecule has 0 aliphatic rings. The summed E-state index contributed by atoms with van der Waals surface area (Å²) in [5.41, 5.74) is 2.02. The summed E-state index contributed by atoms with van der Waals surface area (Å²) in [6.07, 6.45) is 0.510. The average molecular weight is 245 g/mol. The zero-order valence-corrected chi connectivity index (χ0v) is 10.6. The topological polar surface area (TPSA) is 17.1 Å². The third-order valence-electron chi connectivity index (χ3n) is 2.64. The first-order valence-corrected chi connectivity index (χ1v) is 5.54. The Morgan fingerprint density at radius 3 is 2.60 bits per heavy atom. The lowest BCUT2D eigenvalue weighted by Gasteiger charge is -2.19. The van der Waals surface area contributed by atoms with Gasteiger partial charge in [0.1, 0.15) is 4.87 Å². The van der Waals surface area contributed by atoms with Crippen LogP contribution < -0.4 is 0 Å². The van der Waals surface area contributed by atoms with E-state index in [0.29, 0.717) is 11.4 Å². The molecule has 0 aromatic heterocycles. The number of carbonyl (C=O) groups excluding carboxylic acids is 1. The number of ketones is 1. The minimum atomic E-state index is -0.838. The van der Waals surface area contributed by atoms with Crippen molar-refractivity contribution < 1.29 is 4.79 Å². The predicted molar refractivity (Wildman–Crippen MR) is 64.8 cm³/mol. The number of rotatable bonds is 3. The maximum absolute atomic E-state index is 11.3. The first-order valence-electron chi connectivity index (χ1n) is 4.78. The normalized spacial score (nSPS) is 14.7. The van der Waals surface area contributed by atoms with Crippen LogP contribution >= 0.6 is 23.2 Å². The van der Waals surface area contributed by atoms with E-state index in [2.05, 4.69) is 0 Å². The maximum Gasteiger partial charge on any atom is 0.150 e. The van der Waals surface area contributed by atoms with Crippen molar-refractivity contribution in [1.29, 1.82) is 0 Å². The molecule has 0 aliphatic heterocycles. The fourth-order valence-electron chi connectivity index (χ4n) is 1.33. The van der Waals surface area contributed by atoms with Crippen molar-refractivity contribution in [2.24, 2.45) is 0 Å². The highest BCUT2D eigenvalue weighted by atomic mass is 35.5. The molecule has 1 atom stereocenters. The van der Waals surface area contributed by atoms with E-state index in [9.17, 15) is 4.79 Å². The summed E-state index contributed by atoms with van der Waals surface area (Å²) in [4.78, 5) is 10.5. The number of hydrogen-bond acceptors (Lipinski definition) is 1. The third-order valence-corrected chi connectivity index (χ3v) is 3.45. The van der Waals surface area contributed by atoms with E-state index >= 15 is 0 Å². The van der Waals surface area contributed by atoms with Crippen molar-refractivity contribution in [3.63, 3.8) is 0 Å². The van der Waals surface area contributed by atoms with Gasteiger partial charge in [0.25, 0.3) is 0 Å². The van der Waals surface area contributed by atoms with Gasteiger partial charge in [-0.3, -0.25) is 4.79 Å². The summed E-state index contributed by atoms with van der Waals surface area (Å²) >= 11 is 12.1. The van der Waals surface area contributed by atoms with Crippen LogP contribution in [0.3, 0.4) is 0 Å². The fraction of sp³-hybridized carbons (Fsp3) is 0.417. The quantitative estimate of drug-likeness (QED) is 0.740. The highest BCUT2D eigenvalue weighted by Crippen LogP contribution is 2.26. The van der Waals surface area contributed by atoms with Crippen LogP contribution in [0.15, 0.2) is 18.2 Å². The second-order valence-corrected chi connectivity index (χ2v) is 5.20. The summed E-state index contributed by atoms with van der Waals surface area (Å²) in [7, 11) is 0. The molecule has 1 rings (SSSR count). The summed E-state index contributed by atoms with van der Waals surface area (Å²) < 4.78 is 0. The van der Waals surface area contributed by atoms with Crippen LogP contribution in [0, 0.1) is 6.92 Å². The fourth-order valence-corrected chi connectivity index (χ4v) is 1.66. The summed E-state index contributed by atoms with van der Waals surface area (Å²) in [6.45, 7) is 5.18. The number of benzene rings is 1. The van der Waals surface area contributed by atoms with Crippen LogP contribution in [0.25, 0.3) is 0 Å². The Labute approximate surface area is 100 Å². The monoisotopic (exact) mass is 244 g/mol. The predicted octanol–water partition coefficient (Wildman–Crippen LogP) is 3.78. The molecular formula is C12H14Cl2O. The first-order chi connectivity index (χ1) is 6.84. The molecule has 82 valence electrons. The van der Waals surface area contributed by atoms with Crippen LogP contribution in [0.4, 0.5) is 0 Å². The Balaban J connectivity index is 3.00. The van der Waals surface area contributed by atoms with Crippen molar-refractivity contribution in [2.75, 3.05) is 0 Å². The molecular weight excluding hydrogens is 231 g/mol. The van der Waals surface area contributed by atoms with Crippen molar-refractivity contribution >= 4 is 29.0 Å². The summed E-state index contributed by atoms with van der Waals surface area (Å²) in [6, 6.07) is 5.66. The van der Waals surface area contributed by atoms with Crippen LogP contribution in [0.2, 0.25) is 5.02 Å². The molecule has 0 spiro atoms. The van der Waals surface area contributed by atoms with E-state index in [0.717, 1.165) is 11.1 Å². The zero-order chi connectivity index (χ0) is 11.6. The molecule has 0 bridgehead atoms. The van der Waals surface area contributed by atoms with E-state index < -0.39 is 4.87 Å². The van der Waals surface area contributed by atoms with Gasteiger partial charge in [-0.15, -0.1) is 11.6 Å². The van der Waals surface area contributed by atoms with Gasteiger partial charge in [-0.25, -0.2) is 0 Å². The van der Waals surface area contributed by atoms with Crippen molar-refractivity contribution in [1.82, 2.24) is 0 Å². The molecule has 0 amide bonds. The SMILES string of the molecule is CC(=O)C(C)(Cl)Cc1cccc(Cl)c1C. The highest BCUT2D eigenvalue weighted by molar-refractivity contribution is 6.34. The lowest BCUT2D eigenvalue weighted by molar-refractivity contribution is -0.119. The van der Waals surface area contributed by atoms with Crippen LogP contribution in [0.5, 0.6) is 0 Å². The molecule has 0 fully saturated rings. The maximum atomic E-state index is 11.3. The van der Waals surface area contributed by atoms with Gasteiger partial charge < -0.3 is 0 Å². The van der Waals surface area contributed by atoms with Gasteiger partial charge in [0.2, 0.25) is 0 Å². The molecule has 0 heterocycles. The Bertz CT molecular complexity index is 383. The lowest BCUT2D eigenvalue weighted by atomic mass is 9.94. The molecule has 1 aromatic rings. The number of Topliss-reactive ketones (excluding diaryl/α,β-unsaturated/α-hetero) is 1. The van der Waals surface area contributed by atoms with Crippen molar-refractivity contribution in [3.8, 4) is 0 Å². The van der Waals surface area contributed by atoms with Gasteiger partial charge in [-0.05, 0) is 44.4 Å². The van der Waals surface area contributed by atoms with E-state index in [1.54, 1.807) is 6.92 Å². The second-order valence-electron chi connectivity index (χ2n) is 3.95. The largest absolute Gasteiger partial charge is 0.298 e. The molecule has 0 saturated heterocycles. The third kappa shape index (κ3) is 2.96. The summed E-state index contributed by atoms with van der Waals surface area (Å²) in [5.74, 6) is -0.0245. The molecule has 0 saturated carbocycles. The zero-order valence-electron chi connectivity index (χ0n) is 9.10. The molecule has 0 N–H and O–H groups in total. The van der Waals surface area contributed by atoms with Gasteiger partial charge in [-0.1, -0.05) is 23.7 Å².